The average Bonchev–Trinajstić information content (AvgIpc) is 2.52. The molecule has 0 fully saturated rings. The van der Waals surface area contributed by atoms with Crippen molar-refractivity contribution in [3.63, 3.8) is 0 Å². The van der Waals surface area contributed by atoms with Gasteiger partial charge in [-0.1, -0.05) is 39.5 Å². The first-order chi connectivity index (χ1) is 10.5. The second-order valence-corrected chi connectivity index (χ2v) is 5.80. The van der Waals surface area contributed by atoms with Crippen molar-refractivity contribution in [1.29, 1.82) is 0 Å². The Morgan fingerprint density at radius 1 is 0.909 bits per heavy atom. The SMILES string of the molecule is COC(=O)c1ccc(C(=O)OCCCCCCC(C)C)cc1. The van der Waals surface area contributed by atoms with Crippen molar-refractivity contribution in [3.8, 4) is 0 Å². The minimum atomic E-state index is -0.415. The number of hydrogen-bond donors (Lipinski definition) is 0. The molecule has 0 N–H and O–H groups in total. The number of ether oxygens (including phenoxy) is 2. The summed E-state index contributed by atoms with van der Waals surface area (Å²) in [5, 5.41) is 0. The molecule has 0 aliphatic rings. The maximum atomic E-state index is 11.8. The second kappa shape index (κ2) is 9.98. The Morgan fingerprint density at radius 2 is 1.45 bits per heavy atom. The first-order valence-electron chi connectivity index (χ1n) is 7.90. The van der Waals surface area contributed by atoms with Crippen LogP contribution in [0.1, 0.15) is 66.7 Å². The first kappa shape index (κ1) is 18.2. The van der Waals surface area contributed by atoms with E-state index in [-0.39, 0.29) is 5.97 Å². The number of hydrogen-bond acceptors (Lipinski definition) is 4. The van der Waals surface area contributed by atoms with E-state index in [1.165, 1.54) is 26.4 Å². The molecule has 0 amide bonds. The number of esters is 2. The fourth-order valence-corrected chi connectivity index (χ4v) is 2.12. The lowest BCUT2D eigenvalue weighted by molar-refractivity contribution is 0.0495. The molecule has 0 bridgehead atoms. The number of methoxy groups -OCH3 is 1. The number of unbranched alkanes of at least 4 members (excludes halogenated alkanes) is 3. The Balaban J connectivity index is 2.24. The zero-order valence-electron chi connectivity index (χ0n) is 13.8. The van der Waals surface area contributed by atoms with Crippen LogP contribution in [0.3, 0.4) is 0 Å². The molecule has 1 aromatic rings. The number of benzene rings is 1. The zero-order chi connectivity index (χ0) is 16.4. The molecule has 4 heteroatoms. The molecule has 0 aromatic heterocycles. The minimum Gasteiger partial charge on any atom is -0.465 e. The third-order valence-electron chi connectivity index (χ3n) is 3.45. The normalized spacial score (nSPS) is 10.5. The molecule has 0 atom stereocenters. The lowest BCUT2D eigenvalue weighted by atomic mass is 10.0. The van der Waals surface area contributed by atoms with E-state index in [0.29, 0.717) is 17.7 Å². The van der Waals surface area contributed by atoms with Gasteiger partial charge in [0.1, 0.15) is 0 Å². The van der Waals surface area contributed by atoms with Crippen LogP contribution in [-0.4, -0.2) is 25.7 Å². The van der Waals surface area contributed by atoms with E-state index in [1.54, 1.807) is 24.3 Å². The Bertz CT molecular complexity index is 462. The van der Waals surface area contributed by atoms with Gasteiger partial charge in [-0.05, 0) is 36.6 Å². The van der Waals surface area contributed by atoms with Gasteiger partial charge in [0.15, 0.2) is 0 Å². The van der Waals surface area contributed by atoms with E-state index >= 15 is 0 Å². The molecule has 0 saturated carbocycles. The van der Waals surface area contributed by atoms with Crippen molar-refractivity contribution >= 4 is 11.9 Å². The quantitative estimate of drug-likeness (QED) is 0.506. The molecule has 1 rings (SSSR count). The van der Waals surface area contributed by atoms with E-state index in [1.807, 2.05) is 0 Å². The Labute approximate surface area is 132 Å². The van der Waals surface area contributed by atoms with E-state index in [9.17, 15) is 9.59 Å². The van der Waals surface area contributed by atoms with Gasteiger partial charge in [-0.3, -0.25) is 0 Å². The molecule has 0 aliphatic heterocycles. The fourth-order valence-electron chi connectivity index (χ4n) is 2.12. The Kier molecular flexibility index (Phi) is 8.26. The van der Waals surface area contributed by atoms with Crippen molar-refractivity contribution in [1.82, 2.24) is 0 Å². The van der Waals surface area contributed by atoms with Crippen LogP contribution in [0.2, 0.25) is 0 Å². The summed E-state index contributed by atoms with van der Waals surface area (Å²) in [6.07, 6.45) is 5.65. The molecule has 0 heterocycles. The summed E-state index contributed by atoms with van der Waals surface area (Å²) in [6, 6.07) is 6.29. The summed E-state index contributed by atoms with van der Waals surface area (Å²) >= 11 is 0. The molecular weight excluding hydrogens is 280 g/mol. The molecular formula is C18H26O4. The van der Waals surface area contributed by atoms with Crippen molar-refractivity contribution in [3.05, 3.63) is 35.4 Å². The predicted octanol–water partition coefficient (Wildman–Crippen LogP) is 4.24. The van der Waals surface area contributed by atoms with Crippen LogP contribution in [0.15, 0.2) is 24.3 Å². The van der Waals surface area contributed by atoms with Crippen molar-refractivity contribution in [2.24, 2.45) is 5.92 Å². The standard InChI is InChI=1S/C18H26O4/c1-14(2)8-6-4-5-7-13-22-18(20)16-11-9-15(10-12-16)17(19)21-3/h9-12,14H,4-8,13H2,1-3H3. The van der Waals surface area contributed by atoms with Crippen LogP contribution in [0.25, 0.3) is 0 Å². The summed E-state index contributed by atoms with van der Waals surface area (Å²) in [7, 11) is 1.33. The monoisotopic (exact) mass is 306 g/mol. The van der Waals surface area contributed by atoms with Crippen LogP contribution in [0.5, 0.6) is 0 Å². The van der Waals surface area contributed by atoms with E-state index in [0.717, 1.165) is 18.8 Å². The predicted molar refractivity (Wildman–Crippen MR) is 86.0 cm³/mol. The van der Waals surface area contributed by atoms with E-state index in [4.69, 9.17) is 4.74 Å². The van der Waals surface area contributed by atoms with Crippen molar-refractivity contribution in [2.45, 2.75) is 46.0 Å². The van der Waals surface area contributed by atoms with Crippen molar-refractivity contribution < 1.29 is 19.1 Å². The van der Waals surface area contributed by atoms with E-state index < -0.39 is 5.97 Å². The molecule has 0 spiro atoms. The topological polar surface area (TPSA) is 52.6 Å². The molecule has 0 aliphatic carbocycles. The van der Waals surface area contributed by atoms with Gasteiger partial charge in [0.2, 0.25) is 0 Å². The highest BCUT2D eigenvalue weighted by Crippen LogP contribution is 2.10. The molecule has 122 valence electrons. The fraction of sp³-hybridized carbons (Fsp3) is 0.556. The van der Waals surface area contributed by atoms with Crippen LogP contribution in [0.4, 0.5) is 0 Å². The van der Waals surface area contributed by atoms with Crippen LogP contribution < -0.4 is 0 Å². The van der Waals surface area contributed by atoms with Crippen LogP contribution in [0, 0.1) is 5.92 Å². The second-order valence-electron chi connectivity index (χ2n) is 5.80. The smallest absolute Gasteiger partial charge is 0.338 e. The summed E-state index contributed by atoms with van der Waals surface area (Å²) in [6.45, 7) is 4.90. The van der Waals surface area contributed by atoms with Gasteiger partial charge in [-0.15, -0.1) is 0 Å². The molecule has 0 unspecified atom stereocenters. The summed E-state index contributed by atoms with van der Waals surface area (Å²) < 4.78 is 9.84. The largest absolute Gasteiger partial charge is 0.465 e. The van der Waals surface area contributed by atoms with E-state index in [2.05, 4.69) is 18.6 Å². The average molecular weight is 306 g/mol. The third kappa shape index (κ3) is 6.74. The van der Waals surface area contributed by atoms with Gasteiger partial charge in [-0.25, -0.2) is 9.59 Å². The maximum absolute atomic E-state index is 11.8. The number of carbonyl (C=O) groups excluding carboxylic acids is 2. The third-order valence-corrected chi connectivity index (χ3v) is 3.45. The van der Waals surface area contributed by atoms with Gasteiger partial charge >= 0.3 is 11.9 Å². The Hall–Kier alpha value is -1.84. The van der Waals surface area contributed by atoms with Gasteiger partial charge in [-0.2, -0.15) is 0 Å². The minimum absolute atomic E-state index is 0.349. The lowest BCUT2D eigenvalue weighted by Crippen LogP contribution is -2.07. The summed E-state index contributed by atoms with van der Waals surface area (Å²) in [5.41, 5.74) is 0.872. The molecule has 1 aromatic carbocycles. The molecule has 22 heavy (non-hydrogen) atoms. The molecule has 0 radical (unpaired) electrons. The number of rotatable bonds is 9. The van der Waals surface area contributed by atoms with Gasteiger partial charge < -0.3 is 9.47 Å². The maximum Gasteiger partial charge on any atom is 0.338 e. The van der Waals surface area contributed by atoms with Gasteiger partial charge in [0.25, 0.3) is 0 Å². The Morgan fingerprint density at radius 3 is 2.00 bits per heavy atom. The highest BCUT2D eigenvalue weighted by atomic mass is 16.5. The number of carbonyl (C=O) groups is 2. The highest BCUT2D eigenvalue weighted by molar-refractivity contribution is 5.93. The lowest BCUT2D eigenvalue weighted by Gasteiger charge is -2.06. The van der Waals surface area contributed by atoms with Crippen LogP contribution >= 0.6 is 0 Å². The molecule has 4 nitrogen and oxygen atoms in total. The van der Waals surface area contributed by atoms with Gasteiger partial charge in [0, 0.05) is 0 Å². The summed E-state index contributed by atoms with van der Waals surface area (Å²) in [4.78, 5) is 23.1. The summed E-state index contributed by atoms with van der Waals surface area (Å²) in [5.74, 6) is -0.00861. The first-order valence-corrected chi connectivity index (χ1v) is 7.90. The molecule has 0 saturated heterocycles. The zero-order valence-corrected chi connectivity index (χ0v) is 13.8. The van der Waals surface area contributed by atoms with Crippen LogP contribution in [-0.2, 0) is 9.47 Å². The van der Waals surface area contributed by atoms with Crippen molar-refractivity contribution in [2.75, 3.05) is 13.7 Å². The highest BCUT2D eigenvalue weighted by Gasteiger charge is 2.09. The van der Waals surface area contributed by atoms with Gasteiger partial charge in [0.05, 0.1) is 24.8 Å².